The molecule has 3 nitrogen and oxygen atoms in total. The van der Waals surface area contributed by atoms with Crippen LogP contribution in [0.1, 0.15) is 71.1 Å². The van der Waals surface area contributed by atoms with E-state index in [9.17, 15) is 22.0 Å². The minimum absolute atomic E-state index is 0.165. The molecule has 0 amide bonds. The van der Waals surface area contributed by atoms with Gasteiger partial charge < -0.3 is 0 Å². The number of sulfone groups is 1. The fourth-order valence-corrected chi connectivity index (χ4v) is 3.51. The number of ketones is 1. The van der Waals surface area contributed by atoms with Crippen molar-refractivity contribution in [3.8, 4) is 0 Å². The van der Waals surface area contributed by atoms with Gasteiger partial charge in [-0.25, -0.2) is 17.2 Å². The van der Waals surface area contributed by atoms with Gasteiger partial charge in [0.05, 0.1) is 5.75 Å². The second kappa shape index (κ2) is 12.1. The summed E-state index contributed by atoms with van der Waals surface area (Å²) in [6, 6.07) is 0. The van der Waals surface area contributed by atoms with Crippen LogP contribution >= 0.6 is 0 Å². The normalized spacial score (nSPS) is 12.0. The maximum atomic E-state index is 12.0. The highest BCUT2D eigenvalue weighted by Gasteiger charge is 2.23. The van der Waals surface area contributed by atoms with Crippen LogP contribution in [0.2, 0.25) is 0 Å². The lowest BCUT2D eigenvalue weighted by atomic mass is 10.1. The van der Waals surface area contributed by atoms with Crippen LogP contribution in [0.4, 0.5) is 8.78 Å². The van der Waals surface area contributed by atoms with Gasteiger partial charge in [0.2, 0.25) is 5.78 Å². The zero-order chi connectivity index (χ0) is 16.1. The van der Waals surface area contributed by atoms with Crippen LogP contribution in [0.15, 0.2) is 0 Å². The van der Waals surface area contributed by atoms with Gasteiger partial charge in [-0.15, -0.1) is 0 Å². The maximum absolute atomic E-state index is 12.0. The molecule has 0 saturated carbocycles. The highest BCUT2D eigenvalue weighted by atomic mass is 32.2. The molecule has 0 N–H and O–H groups in total. The van der Waals surface area contributed by atoms with Gasteiger partial charge >= 0.3 is 0 Å². The van der Waals surface area contributed by atoms with Crippen molar-refractivity contribution in [3.63, 3.8) is 0 Å². The quantitative estimate of drug-likeness (QED) is 0.450. The van der Waals surface area contributed by atoms with Gasteiger partial charge in [-0.1, -0.05) is 64.7 Å². The van der Waals surface area contributed by atoms with Gasteiger partial charge in [0.25, 0.3) is 6.43 Å². The molecule has 0 aliphatic rings. The monoisotopic (exact) mass is 326 g/mol. The van der Waals surface area contributed by atoms with Crippen molar-refractivity contribution in [2.24, 2.45) is 0 Å². The van der Waals surface area contributed by atoms with E-state index in [0.29, 0.717) is 6.42 Å². The second-order valence-corrected chi connectivity index (χ2v) is 7.73. The topological polar surface area (TPSA) is 51.2 Å². The Morgan fingerprint density at radius 2 is 1.29 bits per heavy atom. The third-order valence-electron chi connectivity index (χ3n) is 3.41. The predicted molar refractivity (Wildman–Crippen MR) is 81.5 cm³/mol. The number of alkyl halides is 2. The molecular formula is C15H28F2O3S. The lowest BCUT2D eigenvalue weighted by molar-refractivity contribution is -0.126. The summed E-state index contributed by atoms with van der Waals surface area (Å²) in [5.41, 5.74) is 0. The first-order chi connectivity index (χ1) is 9.89. The zero-order valence-corrected chi connectivity index (χ0v) is 13.8. The van der Waals surface area contributed by atoms with E-state index in [2.05, 4.69) is 6.92 Å². The molecule has 126 valence electrons. The summed E-state index contributed by atoms with van der Waals surface area (Å²) in [7, 11) is -3.66. The average Bonchev–Trinajstić information content (AvgIpc) is 2.40. The molecule has 0 bridgehead atoms. The standard InChI is InChI=1S/C15H28F2O3S/c1-2-3-4-5-6-7-8-9-10-11-12-21(19,20)13-14(18)15(16)17/h15H,2-13H2,1H3. The summed E-state index contributed by atoms with van der Waals surface area (Å²) in [5.74, 6) is -2.69. The van der Waals surface area contributed by atoms with Crippen LogP contribution < -0.4 is 0 Å². The van der Waals surface area contributed by atoms with Gasteiger partial charge in [0.1, 0.15) is 5.75 Å². The van der Waals surface area contributed by atoms with Gasteiger partial charge in [-0.3, -0.25) is 4.79 Å². The Bertz CT molecular complexity index is 367. The van der Waals surface area contributed by atoms with Crippen molar-refractivity contribution in [1.29, 1.82) is 0 Å². The SMILES string of the molecule is CCCCCCCCCCCCS(=O)(=O)CC(=O)C(F)F. The molecule has 0 aliphatic carbocycles. The maximum Gasteiger partial charge on any atom is 0.297 e. The van der Waals surface area contributed by atoms with Crippen molar-refractivity contribution in [2.45, 2.75) is 77.6 Å². The number of Topliss-reactive ketones (excluding diaryl/α,β-unsaturated/α-hetero) is 1. The summed E-state index contributed by atoms with van der Waals surface area (Å²) < 4.78 is 46.8. The van der Waals surface area contributed by atoms with Gasteiger partial charge in [-0.2, -0.15) is 0 Å². The third-order valence-corrected chi connectivity index (χ3v) is 5.05. The highest BCUT2D eigenvalue weighted by Crippen LogP contribution is 2.11. The van der Waals surface area contributed by atoms with Crippen LogP contribution in [-0.2, 0) is 14.6 Å². The summed E-state index contributed by atoms with van der Waals surface area (Å²) in [6.07, 6.45) is 7.55. The summed E-state index contributed by atoms with van der Waals surface area (Å²) in [4.78, 5) is 10.7. The van der Waals surface area contributed by atoms with E-state index in [-0.39, 0.29) is 5.75 Å². The van der Waals surface area contributed by atoms with Crippen molar-refractivity contribution in [2.75, 3.05) is 11.5 Å². The largest absolute Gasteiger partial charge is 0.297 e. The third kappa shape index (κ3) is 12.9. The Balaban J connectivity index is 3.51. The van der Waals surface area contributed by atoms with Gasteiger partial charge in [-0.05, 0) is 6.42 Å². The fourth-order valence-electron chi connectivity index (χ4n) is 2.16. The molecule has 0 radical (unpaired) electrons. The van der Waals surface area contributed by atoms with Crippen LogP contribution in [0, 0.1) is 0 Å². The second-order valence-electron chi connectivity index (χ2n) is 5.54. The number of unbranched alkanes of at least 4 members (excludes halogenated alkanes) is 9. The number of carbonyl (C=O) groups excluding carboxylic acids is 1. The van der Waals surface area contributed by atoms with Gasteiger partial charge in [0, 0.05) is 0 Å². The number of carbonyl (C=O) groups is 1. The Kier molecular flexibility index (Phi) is 11.8. The summed E-state index contributed by atoms with van der Waals surface area (Å²) in [5, 5.41) is 0. The van der Waals surface area contributed by atoms with E-state index < -0.39 is 27.8 Å². The van der Waals surface area contributed by atoms with Crippen LogP contribution in [0.3, 0.4) is 0 Å². The smallest absolute Gasteiger partial charge is 0.292 e. The molecule has 0 aromatic carbocycles. The lowest BCUT2D eigenvalue weighted by Crippen LogP contribution is -2.24. The molecule has 0 rings (SSSR count). The molecule has 0 aliphatic heterocycles. The zero-order valence-electron chi connectivity index (χ0n) is 13.0. The Morgan fingerprint density at radius 3 is 1.71 bits per heavy atom. The Morgan fingerprint density at radius 1 is 0.857 bits per heavy atom. The van der Waals surface area contributed by atoms with E-state index in [0.717, 1.165) is 19.3 Å². The highest BCUT2D eigenvalue weighted by molar-refractivity contribution is 7.92. The molecule has 0 unspecified atom stereocenters. The average molecular weight is 326 g/mol. The number of hydrogen-bond acceptors (Lipinski definition) is 3. The van der Waals surface area contributed by atoms with Gasteiger partial charge in [0.15, 0.2) is 9.84 Å². The number of hydrogen-bond donors (Lipinski definition) is 0. The number of halogens is 2. The molecule has 21 heavy (non-hydrogen) atoms. The molecule has 0 heterocycles. The van der Waals surface area contributed by atoms with Crippen LogP contribution in [0.25, 0.3) is 0 Å². The molecule has 0 aromatic rings. The molecule has 0 fully saturated rings. The molecule has 0 saturated heterocycles. The molecule has 0 aromatic heterocycles. The first kappa shape index (κ1) is 20.5. The number of rotatable bonds is 14. The van der Waals surface area contributed by atoms with Crippen LogP contribution in [-0.4, -0.2) is 32.1 Å². The summed E-state index contributed by atoms with van der Waals surface area (Å²) in [6.45, 7) is 2.18. The molecular weight excluding hydrogens is 298 g/mol. The van der Waals surface area contributed by atoms with E-state index in [1.165, 1.54) is 38.5 Å². The first-order valence-corrected chi connectivity index (χ1v) is 9.72. The minimum Gasteiger partial charge on any atom is -0.292 e. The van der Waals surface area contributed by atoms with E-state index in [1.54, 1.807) is 0 Å². The van der Waals surface area contributed by atoms with Crippen molar-refractivity contribution in [3.05, 3.63) is 0 Å². The van der Waals surface area contributed by atoms with Crippen molar-refractivity contribution < 1.29 is 22.0 Å². The minimum atomic E-state index is -3.66. The van der Waals surface area contributed by atoms with Crippen molar-refractivity contribution in [1.82, 2.24) is 0 Å². The van der Waals surface area contributed by atoms with E-state index >= 15 is 0 Å². The van der Waals surface area contributed by atoms with E-state index in [4.69, 9.17) is 0 Å². The fraction of sp³-hybridized carbons (Fsp3) is 0.933. The molecule has 0 spiro atoms. The summed E-state index contributed by atoms with van der Waals surface area (Å²) >= 11 is 0. The molecule has 0 atom stereocenters. The first-order valence-electron chi connectivity index (χ1n) is 7.90. The molecule has 6 heteroatoms. The predicted octanol–water partition coefficient (Wildman–Crippen LogP) is 4.16. The lowest BCUT2D eigenvalue weighted by Gasteiger charge is -2.04. The Labute approximate surface area is 127 Å². The van der Waals surface area contributed by atoms with Crippen LogP contribution in [0.5, 0.6) is 0 Å². The van der Waals surface area contributed by atoms with Crippen molar-refractivity contribution >= 4 is 15.6 Å². The Hall–Kier alpha value is -0.520. The van der Waals surface area contributed by atoms with E-state index in [1.807, 2.05) is 0 Å².